The molecule has 0 aliphatic carbocycles. The highest BCUT2D eigenvalue weighted by atomic mass is 32.2. The fourth-order valence-corrected chi connectivity index (χ4v) is 2.46. The van der Waals surface area contributed by atoms with E-state index in [9.17, 15) is 0 Å². The summed E-state index contributed by atoms with van der Waals surface area (Å²) in [6, 6.07) is 17.8. The van der Waals surface area contributed by atoms with Crippen molar-refractivity contribution >= 4 is 11.8 Å². The van der Waals surface area contributed by atoms with Crippen LogP contribution in [0.3, 0.4) is 0 Å². The van der Waals surface area contributed by atoms with E-state index in [2.05, 4.69) is 21.2 Å². The Morgan fingerprint density at radius 2 is 1.85 bits per heavy atom. The van der Waals surface area contributed by atoms with Gasteiger partial charge in [0.25, 0.3) is 0 Å². The molecule has 3 rings (SSSR count). The van der Waals surface area contributed by atoms with Gasteiger partial charge in [-0.2, -0.15) is 0 Å². The van der Waals surface area contributed by atoms with Crippen LogP contribution in [-0.2, 0) is 5.75 Å². The molecular formula is C15H13N3OS. The summed E-state index contributed by atoms with van der Waals surface area (Å²) >= 11 is 1.61. The fraction of sp³-hybridized carbons (Fsp3) is 0.0667. The first-order chi connectivity index (χ1) is 9.90. The van der Waals surface area contributed by atoms with Crippen LogP contribution in [0, 0.1) is 0 Å². The first kappa shape index (κ1) is 12.7. The van der Waals surface area contributed by atoms with E-state index in [0.29, 0.717) is 0 Å². The summed E-state index contributed by atoms with van der Waals surface area (Å²) < 4.78 is 5.81. The smallest absolute Gasteiger partial charge is 0.188 e. The molecule has 1 aromatic heterocycles. The minimum absolute atomic E-state index is 0.819. The fourth-order valence-electron chi connectivity index (χ4n) is 1.74. The third kappa shape index (κ3) is 3.39. The van der Waals surface area contributed by atoms with Crippen LogP contribution in [0.5, 0.6) is 11.5 Å². The molecular weight excluding hydrogens is 270 g/mol. The van der Waals surface area contributed by atoms with Crippen molar-refractivity contribution < 1.29 is 4.74 Å². The molecule has 0 unspecified atom stereocenters. The highest BCUT2D eigenvalue weighted by Gasteiger charge is 2.01. The Balaban J connectivity index is 1.66. The minimum Gasteiger partial charge on any atom is -0.457 e. The van der Waals surface area contributed by atoms with Gasteiger partial charge in [0.05, 0.1) is 0 Å². The van der Waals surface area contributed by atoms with Crippen molar-refractivity contribution in [3.63, 3.8) is 0 Å². The van der Waals surface area contributed by atoms with Crippen molar-refractivity contribution in [2.24, 2.45) is 0 Å². The normalized spacial score (nSPS) is 10.4. The Morgan fingerprint density at radius 1 is 1.00 bits per heavy atom. The van der Waals surface area contributed by atoms with Crippen LogP contribution in [0.4, 0.5) is 0 Å². The molecule has 1 heterocycles. The van der Waals surface area contributed by atoms with Crippen molar-refractivity contribution in [3.8, 4) is 11.5 Å². The van der Waals surface area contributed by atoms with E-state index in [-0.39, 0.29) is 0 Å². The third-order valence-corrected chi connectivity index (χ3v) is 3.60. The molecule has 5 heteroatoms. The van der Waals surface area contributed by atoms with E-state index in [4.69, 9.17) is 4.74 Å². The predicted molar refractivity (Wildman–Crippen MR) is 78.9 cm³/mol. The molecule has 3 aromatic rings. The van der Waals surface area contributed by atoms with Gasteiger partial charge in [-0.1, -0.05) is 42.1 Å². The number of thioether (sulfide) groups is 1. The number of aromatic amines is 1. The third-order valence-electron chi connectivity index (χ3n) is 2.65. The van der Waals surface area contributed by atoms with Crippen LogP contribution < -0.4 is 4.74 Å². The van der Waals surface area contributed by atoms with Crippen LogP contribution in [0.1, 0.15) is 5.56 Å². The van der Waals surface area contributed by atoms with Gasteiger partial charge < -0.3 is 9.72 Å². The molecule has 0 fully saturated rings. The Kier molecular flexibility index (Phi) is 3.99. The van der Waals surface area contributed by atoms with Crippen molar-refractivity contribution in [1.82, 2.24) is 15.2 Å². The van der Waals surface area contributed by atoms with E-state index < -0.39 is 0 Å². The summed E-state index contributed by atoms with van der Waals surface area (Å²) in [4.78, 5) is 2.97. The summed E-state index contributed by atoms with van der Waals surface area (Å²) in [5.74, 6) is 2.50. The lowest BCUT2D eigenvalue weighted by Gasteiger charge is -2.07. The zero-order valence-corrected chi connectivity index (χ0v) is 11.5. The molecule has 0 saturated heterocycles. The quantitative estimate of drug-likeness (QED) is 0.722. The standard InChI is InChI=1S/C15H13N3OS/c1-2-6-13(7-3-1)19-14-8-4-5-12(9-14)10-20-15-16-11-17-18-15/h1-9,11H,10H2,(H,16,17,18). The number of para-hydroxylation sites is 1. The Morgan fingerprint density at radius 3 is 2.65 bits per heavy atom. The topological polar surface area (TPSA) is 50.8 Å². The average molecular weight is 283 g/mol. The number of hydrogen-bond donors (Lipinski definition) is 1. The number of benzene rings is 2. The summed E-state index contributed by atoms with van der Waals surface area (Å²) in [5.41, 5.74) is 1.18. The largest absolute Gasteiger partial charge is 0.457 e. The predicted octanol–water partition coefficient (Wildman–Crippen LogP) is 3.89. The summed E-state index contributed by atoms with van der Waals surface area (Å²) in [7, 11) is 0. The zero-order chi connectivity index (χ0) is 13.6. The molecule has 4 nitrogen and oxygen atoms in total. The molecule has 2 aromatic carbocycles. The lowest BCUT2D eigenvalue weighted by molar-refractivity contribution is 0.482. The summed E-state index contributed by atoms with van der Waals surface area (Å²) in [6.45, 7) is 0. The van der Waals surface area contributed by atoms with Gasteiger partial charge in [0, 0.05) is 5.75 Å². The Labute approximate surface area is 121 Å². The molecule has 0 spiro atoms. The molecule has 0 radical (unpaired) electrons. The number of H-pyrrole nitrogens is 1. The first-order valence-corrected chi connectivity index (χ1v) is 7.19. The molecule has 0 bridgehead atoms. The second-order valence-corrected chi connectivity index (χ2v) is 5.11. The van der Waals surface area contributed by atoms with Crippen LogP contribution in [0.2, 0.25) is 0 Å². The van der Waals surface area contributed by atoms with Gasteiger partial charge in [0.15, 0.2) is 5.16 Å². The van der Waals surface area contributed by atoms with Crippen molar-refractivity contribution in [1.29, 1.82) is 0 Å². The van der Waals surface area contributed by atoms with Crippen molar-refractivity contribution in [2.45, 2.75) is 10.9 Å². The van der Waals surface area contributed by atoms with Gasteiger partial charge in [-0.25, -0.2) is 0 Å². The second-order valence-electron chi connectivity index (χ2n) is 4.15. The van der Waals surface area contributed by atoms with Crippen LogP contribution in [0.15, 0.2) is 66.1 Å². The molecule has 0 aliphatic rings. The number of rotatable bonds is 5. The Bertz CT molecular complexity index is 656. The molecule has 0 aliphatic heterocycles. The minimum atomic E-state index is 0.819. The zero-order valence-electron chi connectivity index (χ0n) is 10.7. The maximum Gasteiger partial charge on any atom is 0.188 e. The van der Waals surface area contributed by atoms with Gasteiger partial charge >= 0.3 is 0 Å². The number of nitrogens with one attached hydrogen (secondary N) is 1. The SMILES string of the molecule is c1ccc(Oc2cccc(CSc3nnc[nH]3)c2)cc1. The highest BCUT2D eigenvalue weighted by molar-refractivity contribution is 7.98. The van der Waals surface area contributed by atoms with E-state index in [0.717, 1.165) is 22.4 Å². The summed E-state index contributed by atoms with van der Waals surface area (Å²) in [5, 5.41) is 8.52. The van der Waals surface area contributed by atoms with Gasteiger partial charge in [-0.3, -0.25) is 0 Å². The molecule has 20 heavy (non-hydrogen) atoms. The Hall–Kier alpha value is -2.27. The van der Waals surface area contributed by atoms with Gasteiger partial charge in [-0.05, 0) is 29.8 Å². The molecule has 1 N–H and O–H groups in total. The van der Waals surface area contributed by atoms with Crippen LogP contribution in [-0.4, -0.2) is 15.2 Å². The monoisotopic (exact) mass is 283 g/mol. The number of ether oxygens (including phenoxy) is 1. The second kappa shape index (κ2) is 6.25. The van der Waals surface area contributed by atoms with E-state index in [1.54, 1.807) is 18.1 Å². The van der Waals surface area contributed by atoms with Gasteiger partial charge in [0.1, 0.15) is 17.8 Å². The molecule has 0 saturated carbocycles. The van der Waals surface area contributed by atoms with Crippen LogP contribution in [0.25, 0.3) is 0 Å². The molecule has 0 atom stereocenters. The maximum absolute atomic E-state index is 5.81. The number of aromatic nitrogens is 3. The van der Waals surface area contributed by atoms with Gasteiger partial charge in [0.2, 0.25) is 0 Å². The average Bonchev–Trinajstić information content (AvgIpc) is 3.00. The van der Waals surface area contributed by atoms with E-state index in [1.807, 2.05) is 48.5 Å². The van der Waals surface area contributed by atoms with Crippen molar-refractivity contribution in [2.75, 3.05) is 0 Å². The van der Waals surface area contributed by atoms with E-state index in [1.165, 1.54) is 5.56 Å². The number of nitrogens with zero attached hydrogens (tertiary/aromatic N) is 2. The highest BCUT2D eigenvalue weighted by Crippen LogP contribution is 2.25. The van der Waals surface area contributed by atoms with Gasteiger partial charge in [-0.15, -0.1) is 10.2 Å². The first-order valence-electron chi connectivity index (χ1n) is 6.21. The lowest BCUT2D eigenvalue weighted by atomic mass is 10.2. The molecule has 100 valence electrons. The van der Waals surface area contributed by atoms with E-state index >= 15 is 0 Å². The maximum atomic E-state index is 5.81. The van der Waals surface area contributed by atoms with Crippen molar-refractivity contribution in [3.05, 3.63) is 66.5 Å². The van der Waals surface area contributed by atoms with Crippen LogP contribution >= 0.6 is 11.8 Å². The lowest BCUT2D eigenvalue weighted by Crippen LogP contribution is -1.86. The summed E-state index contributed by atoms with van der Waals surface area (Å²) in [6.07, 6.45) is 1.58. The molecule has 0 amide bonds. The number of hydrogen-bond acceptors (Lipinski definition) is 4.